The summed E-state index contributed by atoms with van der Waals surface area (Å²) < 4.78 is 5.04. The zero-order valence-electron chi connectivity index (χ0n) is 17.5. The molecule has 0 spiro atoms. The Kier molecular flexibility index (Phi) is 9.61. The summed E-state index contributed by atoms with van der Waals surface area (Å²) in [5.41, 5.74) is 6.30. The highest BCUT2D eigenvalue weighted by Gasteiger charge is 2.40. The maximum Gasteiger partial charge on any atom is 0.417 e. The number of hydrogen-bond acceptors (Lipinski definition) is 7. The molecule has 0 aliphatic carbocycles. The van der Waals surface area contributed by atoms with Gasteiger partial charge in [0.2, 0.25) is 5.91 Å². The van der Waals surface area contributed by atoms with Crippen LogP contribution in [0.2, 0.25) is 0 Å². The van der Waals surface area contributed by atoms with E-state index in [1.165, 1.54) is 6.92 Å². The number of rotatable bonds is 10. The maximum absolute atomic E-state index is 12.9. The first-order valence-electron chi connectivity index (χ1n) is 9.50. The molecule has 11 nitrogen and oxygen atoms in total. The molecule has 0 aliphatic heterocycles. The van der Waals surface area contributed by atoms with Crippen LogP contribution >= 0.6 is 0 Å². The molecule has 3 unspecified atom stereocenters. The Morgan fingerprint density at radius 2 is 1.65 bits per heavy atom. The molecule has 1 rings (SSSR count). The van der Waals surface area contributed by atoms with Crippen molar-refractivity contribution in [2.24, 2.45) is 11.7 Å². The lowest BCUT2D eigenvalue weighted by atomic mass is 10.0. The van der Waals surface area contributed by atoms with Crippen molar-refractivity contribution in [2.75, 3.05) is 0 Å². The number of nitrogens with zero attached hydrogens (tertiary/aromatic N) is 1. The standard InChI is InChI=1S/C20H27N3O8/c1-11(2)16(21)17(26)22-12(3)18(27)23(14(19(28)29)9-15(24)25)20(30)31-10-13-7-5-4-6-8-13/h4-8,11-12,14,16H,9-10,21H2,1-3H3,(H,22,26)(H,24,25)(H,28,29). The molecule has 0 aliphatic rings. The molecule has 11 heteroatoms. The minimum Gasteiger partial charge on any atom is -0.481 e. The number of aliphatic carboxylic acids is 2. The fourth-order valence-corrected chi connectivity index (χ4v) is 2.50. The topological polar surface area (TPSA) is 176 Å². The van der Waals surface area contributed by atoms with Gasteiger partial charge in [-0.2, -0.15) is 0 Å². The van der Waals surface area contributed by atoms with Crippen LogP contribution in [0.15, 0.2) is 30.3 Å². The minimum atomic E-state index is -2.04. The van der Waals surface area contributed by atoms with Crippen LogP contribution in [0.1, 0.15) is 32.8 Å². The lowest BCUT2D eigenvalue weighted by molar-refractivity contribution is -0.154. The van der Waals surface area contributed by atoms with Gasteiger partial charge in [-0.25, -0.2) is 14.5 Å². The van der Waals surface area contributed by atoms with E-state index in [4.69, 9.17) is 15.6 Å². The number of nitrogens with one attached hydrogen (secondary N) is 1. The van der Waals surface area contributed by atoms with Crippen LogP contribution in [0, 0.1) is 5.92 Å². The third kappa shape index (κ3) is 7.70. The largest absolute Gasteiger partial charge is 0.481 e. The Morgan fingerprint density at radius 3 is 2.13 bits per heavy atom. The van der Waals surface area contributed by atoms with Crippen LogP contribution in [-0.2, 0) is 30.5 Å². The van der Waals surface area contributed by atoms with Gasteiger partial charge in [-0.05, 0) is 18.4 Å². The Balaban J connectivity index is 3.10. The Hall–Kier alpha value is -3.47. The van der Waals surface area contributed by atoms with E-state index in [2.05, 4.69) is 5.32 Å². The van der Waals surface area contributed by atoms with Crippen LogP contribution in [0.5, 0.6) is 0 Å². The summed E-state index contributed by atoms with van der Waals surface area (Å²) in [5.74, 6) is -5.33. The minimum absolute atomic E-state index is 0.200. The Bertz CT molecular complexity index is 812. The van der Waals surface area contributed by atoms with Crippen molar-refractivity contribution in [3.63, 3.8) is 0 Å². The molecule has 0 radical (unpaired) electrons. The number of carbonyl (C=O) groups excluding carboxylic acids is 3. The van der Waals surface area contributed by atoms with Gasteiger partial charge in [0.15, 0.2) is 6.04 Å². The number of imide groups is 1. The van der Waals surface area contributed by atoms with E-state index < -0.39 is 54.4 Å². The number of nitrogens with two attached hydrogens (primary N) is 1. The van der Waals surface area contributed by atoms with Gasteiger partial charge in [-0.3, -0.25) is 14.4 Å². The molecule has 0 aromatic heterocycles. The quantitative estimate of drug-likeness (QED) is 0.407. The highest BCUT2D eigenvalue weighted by molar-refractivity contribution is 6.01. The predicted molar refractivity (Wildman–Crippen MR) is 108 cm³/mol. The van der Waals surface area contributed by atoms with Crippen LogP contribution < -0.4 is 11.1 Å². The fraction of sp³-hybridized carbons (Fsp3) is 0.450. The summed E-state index contributed by atoms with van der Waals surface area (Å²) in [5, 5.41) is 20.8. The second-order valence-corrected chi connectivity index (χ2v) is 7.20. The Morgan fingerprint density at radius 1 is 1.06 bits per heavy atom. The normalized spacial score (nSPS) is 13.6. The van der Waals surface area contributed by atoms with E-state index in [1.807, 2.05) is 0 Å². The number of amides is 3. The van der Waals surface area contributed by atoms with Crippen molar-refractivity contribution in [3.05, 3.63) is 35.9 Å². The molecule has 31 heavy (non-hydrogen) atoms. The zero-order chi connectivity index (χ0) is 23.7. The average molecular weight is 437 g/mol. The third-order valence-corrected chi connectivity index (χ3v) is 4.35. The van der Waals surface area contributed by atoms with Crippen molar-refractivity contribution in [1.29, 1.82) is 0 Å². The molecule has 0 fully saturated rings. The smallest absolute Gasteiger partial charge is 0.417 e. The van der Waals surface area contributed by atoms with Gasteiger partial charge in [0, 0.05) is 0 Å². The summed E-state index contributed by atoms with van der Waals surface area (Å²) in [6, 6.07) is 4.05. The summed E-state index contributed by atoms with van der Waals surface area (Å²) in [6.07, 6.45) is -2.40. The van der Waals surface area contributed by atoms with Crippen molar-refractivity contribution >= 4 is 29.8 Å². The van der Waals surface area contributed by atoms with Crippen LogP contribution in [0.25, 0.3) is 0 Å². The molecule has 3 amide bonds. The van der Waals surface area contributed by atoms with Crippen LogP contribution in [0.3, 0.4) is 0 Å². The number of hydrogen-bond donors (Lipinski definition) is 4. The molecule has 1 aromatic rings. The summed E-state index contributed by atoms with van der Waals surface area (Å²) in [7, 11) is 0. The highest BCUT2D eigenvalue weighted by atomic mass is 16.6. The molecular formula is C20H27N3O8. The monoisotopic (exact) mass is 437 g/mol. The number of ether oxygens (including phenoxy) is 1. The fourth-order valence-electron chi connectivity index (χ4n) is 2.50. The molecule has 0 bridgehead atoms. The molecule has 5 N–H and O–H groups in total. The zero-order valence-corrected chi connectivity index (χ0v) is 17.5. The molecule has 0 saturated carbocycles. The van der Waals surface area contributed by atoms with Crippen molar-refractivity contribution in [2.45, 2.75) is 51.9 Å². The maximum atomic E-state index is 12.9. The molecular weight excluding hydrogens is 410 g/mol. The van der Waals surface area contributed by atoms with E-state index >= 15 is 0 Å². The first kappa shape index (κ1) is 25.6. The summed E-state index contributed by atoms with van der Waals surface area (Å²) in [4.78, 5) is 60.6. The van der Waals surface area contributed by atoms with Gasteiger partial charge in [-0.1, -0.05) is 44.2 Å². The predicted octanol–water partition coefficient (Wildman–Crippen LogP) is 0.568. The number of carboxylic acid groups (broad SMARTS) is 2. The summed E-state index contributed by atoms with van der Waals surface area (Å²) in [6.45, 7) is 4.33. The second-order valence-electron chi connectivity index (χ2n) is 7.20. The molecule has 1 aromatic carbocycles. The first-order chi connectivity index (χ1) is 14.5. The van der Waals surface area contributed by atoms with Gasteiger partial charge in [0.25, 0.3) is 5.91 Å². The third-order valence-electron chi connectivity index (χ3n) is 4.35. The second kappa shape index (κ2) is 11.6. The van der Waals surface area contributed by atoms with Gasteiger partial charge < -0.3 is 26.0 Å². The first-order valence-corrected chi connectivity index (χ1v) is 9.50. The molecule has 0 saturated heterocycles. The summed E-state index contributed by atoms with van der Waals surface area (Å²) >= 11 is 0. The van der Waals surface area contributed by atoms with Gasteiger partial charge in [0.05, 0.1) is 12.5 Å². The van der Waals surface area contributed by atoms with Gasteiger partial charge in [-0.15, -0.1) is 0 Å². The number of carboxylic acids is 2. The molecule has 3 atom stereocenters. The van der Waals surface area contributed by atoms with Crippen LogP contribution in [-0.4, -0.2) is 63.1 Å². The SMILES string of the molecule is CC(NC(=O)C(N)C(C)C)C(=O)N(C(=O)OCc1ccccc1)C(CC(=O)O)C(=O)O. The van der Waals surface area contributed by atoms with Crippen molar-refractivity contribution in [3.8, 4) is 0 Å². The van der Waals surface area contributed by atoms with Crippen molar-refractivity contribution in [1.82, 2.24) is 10.2 Å². The Labute approximate surface area is 179 Å². The van der Waals surface area contributed by atoms with Crippen molar-refractivity contribution < 1.29 is 38.9 Å². The van der Waals surface area contributed by atoms with E-state index in [-0.39, 0.29) is 17.4 Å². The van der Waals surface area contributed by atoms with Crippen LogP contribution in [0.4, 0.5) is 4.79 Å². The average Bonchev–Trinajstić information content (AvgIpc) is 2.71. The van der Waals surface area contributed by atoms with Gasteiger partial charge >= 0.3 is 18.0 Å². The van der Waals surface area contributed by atoms with E-state index in [1.54, 1.807) is 44.2 Å². The highest BCUT2D eigenvalue weighted by Crippen LogP contribution is 2.13. The van der Waals surface area contributed by atoms with E-state index in [0.717, 1.165) is 0 Å². The van der Waals surface area contributed by atoms with E-state index in [0.29, 0.717) is 5.56 Å². The van der Waals surface area contributed by atoms with Gasteiger partial charge in [0.1, 0.15) is 12.6 Å². The lowest BCUT2D eigenvalue weighted by Crippen LogP contribution is -2.57. The molecule has 0 heterocycles. The number of benzene rings is 1. The number of carbonyl (C=O) groups is 5. The van der Waals surface area contributed by atoms with E-state index in [9.17, 15) is 29.1 Å². The lowest BCUT2D eigenvalue weighted by Gasteiger charge is -2.29. The molecule has 170 valence electrons.